The predicted octanol–water partition coefficient (Wildman–Crippen LogP) is 3.57. The average Bonchev–Trinajstić information content (AvgIpc) is 2.63. The molecule has 0 aliphatic carbocycles. The summed E-state index contributed by atoms with van der Waals surface area (Å²) in [4.78, 5) is 12.0. The van der Waals surface area contributed by atoms with Crippen LogP contribution in [-0.2, 0) is 0 Å². The third kappa shape index (κ3) is 8.56. The van der Waals surface area contributed by atoms with Gasteiger partial charge in [-0.1, -0.05) is 53.4 Å². The molecule has 0 atom stereocenters. The molecule has 0 aromatic carbocycles. The summed E-state index contributed by atoms with van der Waals surface area (Å²) in [6, 6.07) is 0. The Morgan fingerprint density at radius 3 is 2.24 bits per heavy atom. The van der Waals surface area contributed by atoms with Gasteiger partial charge in [0.15, 0.2) is 0 Å². The number of hydrazine groups is 1. The summed E-state index contributed by atoms with van der Waals surface area (Å²) in [6.45, 7) is 13.5. The van der Waals surface area contributed by atoms with Crippen molar-refractivity contribution < 1.29 is 0 Å². The molecule has 0 unspecified atom stereocenters. The Hall–Kier alpha value is -1.30. The SMILES string of the molecule is CCCCN=C1NC(N(CCCC)CCCC)=NCN1NCCCC. The summed E-state index contributed by atoms with van der Waals surface area (Å²) in [6.07, 6.45) is 9.45. The number of guanidine groups is 2. The quantitative estimate of drug-likeness (QED) is 0.498. The number of rotatable bonds is 13. The van der Waals surface area contributed by atoms with Gasteiger partial charge in [0.25, 0.3) is 0 Å². The highest BCUT2D eigenvalue weighted by atomic mass is 15.6. The van der Waals surface area contributed by atoms with E-state index >= 15 is 0 Å². The van der Waals surface area contributed by atoms with Gasteiger partial charge in [0.05, 0.1) is 0 Å². The number of hydrogen-bond donors (Lipinski definition) is 2. The van der Waals surface area contributed by atoms with Gasteiger partial charge < -0.3 is 4.90 Å². The summed E-state index contributed by atoms with van der Waals surface area (Å²) in [5.41, 5.74) is 3.46. The molecule has 2 N–H and O–H groups in total. The lowest BCUT2D eigenvalue weighted by molar-refractivity contribution is 0.288. The molecule has 0 saturated heterocycles. The first-order valence-corrected chi connectivity index (χ1v) is 10.4. The fraction of sp³-hybridized carbons (Fsp3) is 0.895. The van der Waals surface area contributed by atoms with Crippen molar-refractivity contribution in [3.63, 3.8) is 0 Å². The maximum Gasteiger partial charge on any atom is 0.217 e. The van der Waals surface area contributed by atoms with Crippen LogP contribution in [0, 0.1) is 0 Å². The Balaban J connectivity index is 2.77. The van der Waals surface area contributed by atoms with E-state index in [2.05, 4.69) is 48.3 Å². The minimum Gasteiger partial charge on any atom is -0.343 e. The van der Waals surface area contributed by atoms with Crippen LogP contribution >= 0.6 is 0 Å². The van der Waals surface area contributed by atoms with Crippen LogP contribution in [0.3, 0.4) is 0 Å². The molecule has 0 aromatic rings. The molecule has 1 rings (SSSR count). The summed E-state index contributed by atoms with van der Waals surface area (Å²) < 4.78 is 0. The van der Waals surface area contributed by atoms with E-state index < -0.39 is 0 Å². The van der Waals surface area contributed by atoms with Gasteiger partial charge >= 0.3 is 0 Å². The van der Waals surface area contributed by atoms with Crippen LogP contribution in [0.4, 0.5) is 0 Å². The predicted molar refractivity (Wildman–Crippen MR) is 109 cm³/mol. The molecule has 146 valence electrons. The first-order chi connectivity index (χ1) is 12.3. The third-order valence-corrected chi connectivity index (χ3v) is 4.31. The Morgan fingerprint density at radius 1 is 1.00 bits per heavy atom. The third-order valence-electron chi connectivity index (χ3n) is 4.31. The van der Waals surface area contributed by atoms with E-state index in [1.54, 1.807) is 0 Å². The summed E-state index contributed by atoms with van der Waals surface area (Å²) >= 11 is 0. The molecule has 0 radical (unpaired) electrons. The maximum atomic E-state index is 4.79. The lowest BCUT2D eigenvalue weighted by atomic mass is 10.3. The van der Waals surface area contributed by atoms with Gasteiger partial charge in [-0.05, 0) is 25.7 Å². The second kappa shape index (κ2) is 13.9. The Bertz CT molecular complexity index is 385. The van der Waals surface area contributed by atoms with Crippen molar-refractivity contribution in [2.45, 2.75) is 79.1 Å². The lowest BCUT2D eigenvalue weighted by Gasteiger charge is -2.35. The van der Waals surface area contributed by atoms with E-state index in [0.29, 0.717) is 6.67 Å². The van der Waals surface area contributed by atoms with Crippen LogP contribution in [0.5, 0.6) is 0 Å². The van der Waals surface area contributed by atoms with Gasteiger partial charge in [-0.25, -0.2) is 10.4 Å². The van der Waals surface area contributed by atoms with E-state index in [-0.39, 0.29) is 0 Å². The first kappa shape index (κ1) is 21.7. The number of nitrogens with zero attached hydrogens (tertiary/aromatic N) is 4. The van der Waals surface area contributed by atoms with E-state index in [4.69, 9.17) is 9.98 Å². The standard InChI is InChI=1S/C19H40N6/c1-5-9-13-20-19-23-18(21-17-25(19)22-14-10-6-2)24(15-11-7-3)16-12-8-4/h22H,5-17H2,1-4H3,(H,20,21,23). The molecule has 0 amide bonds. The fourth-order valence-electron chi connectivity index (χ4n) is 2.60. The average molecular weight is 353 g/mol. The van der Waals surface area contributed by atoms with E-state index in [1.807, 2.05) is 0 Å². The molecule has 6 nitrogen and oxygen atoms in total. The lowest BCUT2D eigenvalue weighted by Crippen LogP contribution is -2.58. The molecule has 0 bridgehead atoms. The zero-order chi connectivity index (χ0) is 18.3. The number of unbranched alkanes of at least 4 members (excludes halogenated alkanes) is 4. The van der Waals surface area contributed by atoms with Crippen LogP contribution in [0.1, 0.15) is 79.1 Å². The van der Waals surface area contributed by atoms with Crippen LogP contribution in [0.25, 0.3) is 0 Å². The summed E-state index contributed by atoms with van der Waals surface area (Å²) in [7, 11) is 0. The van der Waals surface area contributed by atoms with Gasteiger partial charge in [0.1, 0.15) is 6.67 Å². The zero-order valence-corrected chi connectivity index (χ0v) is 17.0. The normalized spacial score (nSPS) is 16.1. The van der Waals surface area contributed by atoms with Crippen molar-refractivity contribution >= 4 is 11.9 Å². The highest BCUT2D eigenvalue weighted by molar-refractivity contribution is 6.00. The monoisotopic (exact) mass is 352 g/mol. The molecule has 1 aliphatic heterocycles. The van der Waals surface area contributed by atoms with E-state index in [9.17, 15) is 0 Å². The fourth-order valence-corrected chi connectivity index (χ4v) is 2.60. The van der Waals surface area contributed by atoms with Gasteiger partial charge in [-0.3, -0.25) is 15.3 Å². The van der Waals surface area contributed by atoms with Crippen molar-refractivity contribution in [3.05, 3.63) is 0 Å². The number of aliphatic imine (C=N–C) groups is 2. The maximum absolute atomic E-state index is 4.79. The summed E-state index contributed by atoms with van der Waals surface area (Å²) in [5.74, 6) is 1.92. The highest BCUT2D eigenvalue weighted by Gasteiger charge is 2.21. The molecule has 1 aliphatic rings. The molecule has 6 heteroatoms. The second-order valence-corrected chi connectivity index (χ2v) is 6.69. The molecule has 0 spiro atoms. The van der Waals surface area contributed by atoms with E-state index in [0.717, 1.165) is 50.9 Å². The topological polar surface area (TPSA) is 55.3 Å². The molecule has 0 fully saturated rings. The molecule has 1 heterocycles. The van der Waals surface area contributed by atoms with Crippen molar-refractivity contribution in [1.29, 1.82) is 0 Å². The minimum absolute atomic E-state index is 0.631. The Kier molecular flexibility index (Phi) is 12.1. The van der Waals surface area contributed by atoms with Crippen molar-refractivity contribution in [1.82, 2.24) is 20.7 Å². The van der Waals surface area contributed by atoms with Crippen molar-refractivity contribution in [2.24, 2.45) is 9.98 Å². The smallest absolute Gasteiger partial charge is 0.217 e. The van der Waals surface area contributed by atoms with Crippen LogP contribution in [-0.4, -0.2) is 54.7 Å². The minimum atomic E-state index is 0.631. The highest BCUT2D eigenvalue weighted by Crippen LogP contribution is 2.05. The van der Waals surface area contributed by atoms with Crippen molar-refractivity contribution in [2.75, 3.05) is 32.8 Å². The van der Waals surface area contributed by atoms with Gasteiger partial charge in [0.2, 0.25) is 11.9 Å². The van der Waals surface area contributed by atoms with Gasteiger partial charge in [0, 0.05) is 26.2 Å². The second-order valence-electron chi connectivity index (χ2n) is 6.69. The molecular formula is C19H40N6. The molecule has 25 heavy (non-hydrogen) atoms. The van der Waals surface area contributed by atoms with Crippen LogP contribution < -0.4 is 10.7 Å². The van der Waals surface area contributed by atoms with Gasteiger partial charge in [-0.15, -0.1) is 0 Å². The summed E-state index contributed by atoms with van der Waals surface area (Å²) in [5, 5.41) is 5.56. The van der Waals surface area contributed by atoms with Crippen LogP contribution in [0.15, 0.2) is 9.98 Å². The first-order valence-electron chi connectivity index (χ1n) is 10.4. The Morgan fingerprint density at radius 2 is 1.64 bits per heavy atom. The molecule has 0 aromatic heterocycles. The van der Waals surface area contributed by atoms with Crippen LogP contribution in [0.2, 0.25) is 0 Å². The largest absolute Gasteiger partial charge is 0.343 e. The van der Waals surface area contributed by atoms with Gasteiger partial charge in [-0.2, -0.15) is 0 Å². The van der Waals surface area contributed by atoms with Crippen molar-refractivity contribution in [3.8, 4) is 0 Å². The zero-order valence-electron chi connectivity index (χ0n) is 17.0. The number of nitrogens with one attached hydrogen (secondary N) is 2. The molecular weight excluding hydrogens is 312 g/mol. The Labute approximate surface area is 155 Å². The van der Waals surface area contributed by atoms with E-state index in [1.165, 1.54) is 38.5 Å². The number of hydrogen-bond acceptors (Lipinski definition) is 4. The molecule has 0 saturated carbocycles.